The molecule has 0 aromatic heterocycles. The number of nitrogens with zero attached hydrogens (tertiary/aromatic N) is 2. The second-order valence-corrected chi connectivity index (χ2v) is 9.08. The number of hydrogen-bond acceptors (Lipinski definition) is 3. The molecule has 0 bridgehead atoms. The van der Waals surface area contributed by atoms with Gasteiger partial charge in [0.2, 0.25) is 5.91 Å². The number of urea groups is 1. The van der Waals surface area contributed by atoms with Crippen molar-refractivity contribution in [3.8, 4) is 0 Å². The minimum Gasteiger partial charge on any atom is -0.335 e. The summed E-state index contributed by atoms with van der Waals surface area (Å²) in [7, 11) is 0. The third-order valence-electron chi connectivity index (χ3n) is 6.56. The van der Waals surface area contributed by atoms with Crippen LogP contribution < -0.4 is 5.32 Å². The molecule has 156 valence electrons. The lowest BCUT2D eigenvalue weighted by atomic mass is 9.98. The molecule has 2 saturated carbocycles. The van der Waals surface area contributed by atoms with Gasteiger partial charge in [-0.2, -0.15) is 0 Å². The van der Waals surface area contributed by atoms with Gasteiger partial charge in [0.25, 0.3) is 5.91 Å². The van der Waals surface area contributed by atoms with Crippen molar-refractivity contribution in [1.29, 1.82) is 0 Å². The molecule has 0 unspecified atom stereocenters. The molecule has 0 atom stereocenters. The summed E-state index contributed by atoms with van der Waals surface area (Å²) in [6.07, 6.45) is 5.60. The molecule has 3 fully saturated rings. The van der Waals surface area contributed by atoms with Gasteiger partial charge in [-0.3, -0.25) is 14.5 Å². The zero-order chi connectivity index (χ0) is 20.6. The van der Waals surface area contributed by atoms with E-state index in [2.05, 4.69) is 43.4 Å². The van der Waals surface area contributed by atoms with E-state index in [4.69, 9.17) is 0 Å². The van der Waals surface area contributed by atoms with Crippen LogP contribution in [-0.2, 0) is 16.1 Å². The molecule has 0 radical (unpaired) electrons. The highest BCUT2D eigenvalue weighted by atomic mass is 16.2. The van der Waals surface area contributed by atoms with E-state index in [1.54, 1.807) is 0 Å². The Labute approximate surface area is 172 Å². The van der Waals surface area contributed by atoms with E-state index >= 15 is 0 Å². The molecule has 4 rings (SSSR count). The number of benzene rings is 1. The van der Waals surface area contributed by atoms with E-state index < -0.39 is 5.54 Å². The molecule has 4 amide bonds. The van der Waals surface area contributed by atoms with E-state index in [1.165, 1.54) is 10.5 Å². The molecule has 3 aliphatic rings. The lowest BCUT2D eigenvalue weighted by molar-refractivity contribution is -0.134. The van der Waals surface area contributed by atoms with E-state index in [9.17, 15) is 14.4 Å². The lowest BCUT2D eigenvalue weighted by Gasteiger charge is -2.24. The molecule has 29 heavy (non-hydrogen) atoms. The van der Waals surface area contributed by atoms with Gasteiger partial charge < -0.3 is 10.2 Å². The first-order chi connectivity index (χ1) is 13.9. The van der Waals surface area contributed by atoms with Crippen LogP contribution in [0.1, 0.15) is 75.8 Å². The number of carbonyl (C=O) groups excluding carboxylic acids is 3. The summed E-state index contributed by atoms with van der Waals surface area (Å²) in [6.45, 7) is 5.09. The number of carbonyl (C=O) groups is 3. The van der Waals surface area contributed by atoms with Crippen LogP contribution in [0, 0.1) is 0 Å². The van der Waals surface area contributed by atoms with Crippen LogP contribution in [-0.4, -0.2) is 45.8 Å². The molecule has 1 saturated heterocycles. The predicted molar refractivity (Wildman–Crippen MR) is 110 cm³/mol. The van der Waals surface area contributed by atoms with Crippen molar-refractivity contribution >= 4 is 17.8 Å². The SMILES string of the molecule is CC(C)c1ccc(CN(C(=O)CCN2C(=O)NC3(CCCC3)C2=O)C2CC2)cc1. The Kier molecular flexibility index (Phi) is 5.36. The molecule has 1 heterocycles. The summed E-state index contributed by atoms with van der Waals surface area (Å²) < 4.78 is 0. The summed E-state index contributed by atoms with van der Waals surface area (Å²) in [5.41, 5.74) is 1.71. The first-order valence-corrected chi connectivity index (χ1v) is 10.9. The molecular formula is C23H31N3O3. The number of rotatable bonds is 7. The predicted octanol–water partition coefficient (Wildman–Crippen LogP) is 3.56. The van der Waals surface area contributed by atoms with Gasteiger partial charge in [-0.15, -0.1) is 0 Å². The minimum absolute atomic E-state index is 0.0217. The van der Waals surface area contributed by atoms with Crippen LogP contribution in [0.25, 0.3) is 0 Å². The van der Waals surface area contributed by atoms with Gasteiger partial charge in [-0.25, -0.2) is 4.79 Å². The molecule has 6 nitrogen and oxygen atoms in total. The second kappa shape index (κ2) is 7.81. The van der Waals surface area contributed by atoms with Gasteiger partial charge in [0.15, 0.2) is 0 Å². The first-order valence-electron chi connectivity index (χ1n) is 10.9. The fraction of sp³-hybridized carbons (Fsp3) is 0.609. The molecule has 1 aliphatic heterocycles. The first kappa shape index (κ1) is 19.9. The van der Waals surface area contributed by atoms with Crippen molar-refractivity contribution in [2.24, 2.45) is 0 Å². The summed E-state index contributed by atoms with van der Waals surface area (Å²) in [4.78, 5) is 41.2. The average Bonchev–Trinajstić information content (AvgIpc) is 3.38. The zero-order valence-electron chi connectivity index (χ0n) is 17.4. The maximum absolute atomic E-state index is 12.9. The lowest BCUT2D eigenvalue weighted by Crippen LogP contribution is -2.44. The van der Waals surface area contributed by atoms with Gasteiger partial charge in [0, 0.05) is 25.6 Å². The Balaban J connectivity index is 1.37. The Morgan fingerprint density at radius 3 is 2.41 bits per heavy atom. The molecule has 1 aromatic carbocycles. The fourth-order valence-electron chi connectivity index (χ4n) is 4.56. The van der Waals surface area contributed by atoms with Crippen LogP contribution in [0.3, 0.4) is 0 Å². The summed E-state index contributed by atoms with van der Waals surface area (Å²) in [5, 5.41) is 2.88. The van der Waals surface area contributed by atoms with Gasteiger partial charge in [0.05, 0.1) is 0 Å². The largest absolute Gasteiger partial charge is 0.335 e. The third kappa shape index (κ3) is 4.02. The Hall–Kier alpha value is -2.37. The molecule has 1 aromatic rings. The number of amides is 4. The Bertz CT molecular complexity index is 792. The molecule has 6 heteroatoms. The van der Waals surface area contributed by atoms with Gasteiger partial charge in [-0.1, -0.05) is 51.0 Å². The third-order valence-corrected chi connectivity index (χ3v) is 6.56. The summed E-state index contributed by atoms with van der Waals surface area (Å²) in [6, 6.07) is 8.40. The average molecular weight is 398 g/mol. The van der Waals surface area contributed by atoms with Crippen molar-refractivity contribution < 1.29 is 14.4 Å². The fourth-order valence-corrected chi connectivity index (χ4v) is 4.56. The van der Waals surface area contributed by atoms with Crippen molar-refractivity contribution in [2.75, 3.05) is 6.54 Å². The van der Waals surface area contributed by atoms with Crippen molar-refractivity contribution in [3.05, 3.63) is 35.4 Å². The van der Waals surface area contributed by atoms with Gasteiger partial charge in [-0.05, 0) is 42.7 Å². The molecule has 1 spiro atoms. The van der Waals surface area contributed by atoms with Crippen molar-refractivity contribution in [2.45, 2.75) is 82.8 Å². The smallest absolute Gasteiger partial charge is 0.325 e. The topological polar surface area (TPSA) is 69.7 Å². The van der Waals surface area contributed by atoms with Gasteiger partial charge >= 0.3 is 6.03 Å². The van der Waals surface area contributed by atoms with E-state index in [1.807, 2.05) is 4.90 Å². The monoisotopic (exact) mass is 397 g/mol. The van der Waals surface area contributed by atoms with E-state index in [-0.39, 0.29) is 36.9 Å². The maximum atomic E-state index is 12.9. The quantitative estimate of drug-likeness (QED) is 0.715. The summed E-state index contributed by atoms with van der Waals surface area (Å²) >= 11 is 0. The molecular weight excluding hydrogens is 366 g/mol. The van der Waals surface area contributed by atoms with Crippen molar-refractivity contribution in [3.63, 3.8) is 0 Å². The van der Waals surface area contributed by atoms with E-state index in [0.29, 0.717) is 25.3 Å². The van der Waals surface area contributed by atoms with Crippen LogP contribution >= 0.6 is 0 Å². The van der Waals surface area contributed by atoms with Crippen LogP contribution in [0.4, 0.5) is 4.79 Å². The highest BCUT2D eigenvalue weighted by Gasteiger charge is 2.52. The van der Waals surface area contributed by atoms with Crippen LogP contribution in [0.5, 0.6) is 0 Å². The Morgan fingerprint density at radius 1 is 1.17 bits per heavy atom. The second-order valence-electron chi connectivity index (χ2n) is 9.08. The maximum Gasteiger partial charge on any atom is 0.325 e. The van der Waals surface area contributed by atoms with Crippen molar-refractivity contribution in [1.82, 2.24) is 15.1 Å². The van der Waals surface area contributed by atoms with Crippen LogP contribution in [0.15, 0.2) is 24.3 Å². The van der Waals surface area contributed by atoms with Gasteiger partial charge in [0.1, 0.15) is 5.54 Å². The highest BCUT2D eigenvalue weighted by Crippen LogP contribution is 2.35. The number of hydrogen-bond donors (Lipinski definition) is 1. The number of nitrogens with one attached hydrogen (secondary N) is 1. The Morgan fingerprint density at radius 2 is 1.83 bits per heavy atom. The van der Waals surface area contributed by atoms with E-state index in [0.717, 1.165) is 31.2 Å². The number of imide groups is 1. The standard InChI is InChI=1S/C23H31N3O3/c1-16(2)18-7-5-17(6-8-18)15-26(19-9-10-19)20(27)11-14-25-21(28)23(24-22(25)29)12-3-4-13-23/h5-8,16,19H,3-4,9-15H2,1-2H3,(H,24,29). The molecule has 2 aliphatic carbocycles. The molecule has 1 N–H and O–H groups in total. The normalized spacial score (nSPS) is 20.6. The highest BCUT2D eigenvalue weighted by molar-refractivity contribution is 6.07. The summed E-state index contributed by atoms with van der Waals surface area (Å²) in [5.74, 6) is 0.362. The van der Waals surface area contributed by atoms with Crippen LogP contribution in [0.2, 0.25) is 0 Å². The minimum atomic E-state index is -0.700. The zero-order valence-corrected chi connectivity index (χ0v) is 17.4.